The Hall–Kier alpha value is -4.06. The Bertz CT molecular complexity index is 1520. The molecule has 0 saturated carbocycles. The number of carbonyl (C=O) groups excluding carboxylic acids is 2. The summed E-state index contributed by atoms with van der Waals surface area (Å²) in [6.45, 7) is 7.56. The molecule has 0 aromatic heterocycles. The monoisotopic (exact) mass is 665 g/mol. The summed E-state index contributed by atoms with van der Waals surface area (Å²) < 4.78 is 16.1. The van der Waals surface area contributed by atoms with Crippen LogP contribution in [0.15, 0.2) is 66.7 Å². The van der Waals surface area contributed by atoms with Gasteiger partial charge in [0.15, 0.2) is 5.11 Å². The lowest BCUT2D eigenvalue weighted by molar-refractivity contribution is -0.124. The first-order valence-corrected chi connectivity index (χ1v) is 16.2. The maximum absolute atomic E-state index is 13.9. The van der Waals surface area contributed by atoms with E-state index in [0.717, 1.165) is 50.6 Å². The van der Waals surface area contributed by atoms with E-state index in [-0.39, 0.29) is 18.2 Å². The molecule has 0 bridgehead atoms. The quantitative estimate of drug-likeness (QED) is 0.245. The van der Waals surface area contributed by atoms with Crippen LogP contribution in [0, 0.1) is 0 Å². The summed E-state index contributed by atoms with van der Waals surface area (Å²) >= 11 is 12.3. The summed E-state index contributed by atoms with van der Waals surface area (Å²) in [5, 5.41) is 3.64. The third kappa shape index (κ3) is 7.83. The number of piperazine rings is 1. The highest BCUT2D eigenvalue weighted by Crippen LogP contribution is 2.33. The van der Waals surface area contributed by atoms with Crippen LogP contribution >= 0.6 is 23.8 Å². The molecule has 0 aliphatic carbocycles. The molecule has 2 fully saturated rings. The van der Waals surface area contributed by atoms with E-state index in [4.69, 9.17) is 38.0 Å². The van der Waals surface area contributed by atoms with Gasteiger partial charge < -0.3 is 29.3 Å². The molecular formula is C34H40ClN5O5S. The number of amides is 2. The number of carbonyl (C=O) groups is 2. The molecule has 2 aliphatic rings. The van der Waals surface area contributed by atoms with Crippen LogP contribution in [-0.4, -0.2) is 92.9 Å². The molecule has 1 N–H and O–H groups in total. The van der Waals surface area contributed by atoms with E-state index >= 15 is 0 Å². The van der Waals surface area contributed by atoms with Crippen LogP contribution in [0.4, 0.5) is 17.1 Å². The molecule has 244 valence electrons. The van der Waals surface area contributed by atoms with Gasteiger partial charge in [-0.15, -0.1) is 0 Å². The van der Waals surface area contributed by atoms with Crippen LogP contribution in [0.25, 0.3) is 0 Å². The molecule has 2 heterocycles. The molecular weight excluding hydrogens is 626 g/mol. The number of anilines is 3. The number of halogens is 1. The number of hydrogen-bond donors (Lipinski definition) is 1. The van der Waals surface area contributed by atoms with E-state index in [2.05, 4.69) is 27.2 Å². The van der Waals surface area contributed by atoms with Crippen LogP contribution in [-0.2, 0) is 9.59 Å². The highest BCUT2D eigenvalue weighted by Gasteiger charge is 2.44. The van der Waals surface area contributed by atoms with E-state index in [1.807, 2.05) is 24.0 Å². The zero-order valence-corrected chi connectivity index (χ0v) is 28.0. The minimum Gasteiger partial charge on any atom is -0.497 e. The summed E-state index contributed by atoms with van der Waals surface area (Å²) in [7, 11) is 3.21. The second-order valence-electron chi connectivity index (χ2n) is 11.1. The third-order valence-electron chi connectivity index (χ3n) is 8.22. The van der Waals surface area contributed by atoms with Crippen molar-refractivity contribution >= 4 is 57.8 Å². The van der Waals surface area contributed by atoms with E-state index in [0.29, 0.717) is 40.4 Å². The molecule has 12 heteroatoms. The van der Waals surface area contributed by atoms with Crippen LogP contribution in [0.2, 0.25) is 5.02 Å². The molecule has 2 saturated heterocycles. The number of rotatable bonds is 13. The Labute approximate surface area is 280 Å². The Kier molecular flexibility index (Phi) is 11.2. The van der Waals surface area contributed by atoms with Crippen molar-refractivity contribution in [1.82, 2.24) is 9.80 Å². The predicted molar refractivity (Wildman–Crippen MR) is 186 cm³/mol. The Morgan fingerprint density at radius 3 is 2.22 bits per heavy atom. The molecule has 0 spiro atoms. The van der Waals surface area contributed by atoms with Gasteiger partial charge in [0, 0.05) is 44.1 Å². The van der Waals surface area contributed by atoms with Crippen molar-refractivity contribution in [1.29, 1.82) is 0 Å². The lowest BCUT2D eigenvalue weighted by atomic mass is 10.1. The summed E-state index contributed by atoms with van der Waals surface area (Å²) in [4.78, 5) is 35.3. The molecule has 3 aromatic rings. The molecule has 46 heavy (non-hydrogen) atoms. The van der Waals surface area contributed by atoms with Gasteiger partial charge in [0.05, 0.1) is 38.0 Å². The van der Waals surface area contributed by atoms with Gasteiger partial charge in [-0.3, -0.25) is 19.4 Å². The van der Waals surface area contributed by atoms with Crippen molar-refractivity contribution in [3.05, 3.63) is 71.8 Å². The number of ether oxygens (including phenoxy) is 3. The molecule has 3 aromatic carbocycles. The highest BCUT2D eigenvalue weighted by atomic mass is 35.5. The zero-order valence-electron chi connectivity index (χ0n) is 26.4. The Morgan fingerprint density at radius 1 is 0.913 bits per heavy atom. The van der Waals surface area contributed by atoms with Crippen LogP contribution in [0.3, 0.4) is 0 Å². The fraction of sp³-hybridized carbons (Fsp3) is 0.382. The van der Waals surface area contributed by atoms with Crippen molar-refractivity contribution < 1.29 is 23.8 Å². The first kappa shape index (κ1) is 33.3. The summed E-state index contributed by atoms with van der Waals surface area (Å²) in [5.41, 5.74) is 2.35. The second-order valence-corrected chi connectivity index (χ2v) is 11.8. The average molecular weight is 666 g/mol. The SMILES string of the molecule is CCOc1ccc(NC(=O)C[C@H]2C(=O)N(c3ccc(OC)c(Cl)c3)C(=S)N2CCCN2CCN(c3ccc(OC)cc3)CC2)cc1. The van der Waals surface area contributed by atoms with Gasteiger partial charge in [-0.1, -0.05) is 11.6 Å². The van der Waals surface area contributed by atoms with Gasteiger partial charge in [0.2, 0.25) is 5.91 Å². The summed E-state index contributed by atoms with van der Waals surface area (Å²) in [5.74, 6) is 1.53. The van der Waals surface area contributed by atoms with Gasteiger partial charge in [0.1, 0.15) is 23.3 Å². The van der Waals surface area contributed by atoms with E-state index in [1.165, 1.54) is 17.7 Å². The maximum atomic E-state index is 13.9. The van der Waals surface area contributed by atoms with E-state index < -0.39 is 6.04 Å². The van der Waals surface area contributed by atoms with Crippen molar-refractivity contribution in [2.24, 2.45) is 0 Å². The number of methoxy groups -OCH3 is 2. The fourth-order valence-electron chi connectivity index (χ4n) is 5.80. The topological polar surface area (TPSA) is 86.8 Å². The van der Waals surface area contributed by atoms with Gasteiger partial charge in [-0.05, 0) is 98.8 Å². The molecule has 2 amide bonds. The first-order valence-electron chi connectivity index (χ1n) is 15.4. The Morgan fingerprint density at radius 2 is 1.59 bits per heavy atom. The smallest absolute Gasteiger partial charge is 0.256 e. The number of thiocarbonyl (C=S) groups is 1. The van der Waals surface area contributed by atoms with Crippen molar-refractivity contribution in [2.75, 3.05) is 75.2 Å². The average Bonchev–Trinajstić information content (AvgIpc) is 3.30. The molecule has 0 radical (unpaired) electrons. The first-order chi connectivity index (χ1) is 22.3. The minimum absolute atomic E-state index is 0.0485. The highest BCUT2D eigenvalue weighted by molar-refractivity contribution is 7.80. The molecule has 2 aliphatic heterocycles. The maximum Gasteiger partial charge on any atom is 0.256 e. The minimum atomic E-state index is -0.747. The van der Waals surface area contributed by atoms with Crippen LogP contribution < -0.4 is 29.3 Å². The van der Waals surface area contributed by atoms with Crippen LogP contribution in [0.1, 0.15) is 19.8 Å². The van der Waals surface area contributed by atoms with Crippen molar-refractivity contribution in [3.8, 4) is 17.2 Å². The number of nitrogens with zero attached hydrogens (tertiary/aromatic N) is 4. The second kappa shape index (κ2) is 15.5. The molecule has 1 atom stereocenters. The van der Waals surface area contributed by atoms with Crippen molar-refractivity contribution in [3.63, 3.8) is 0 Å². The van der Waals surface area contributed by atoms with Gasteiger partial charge in [0.25, 0.3) is 5.91 Å². The zero-order chi connectivity index (χ0) is 32.6. The fourth-order valence-corrected chi connectivity index (χ4v) is 6.46. The lowest BCUT2D eigenvalue weighted by Gasteiger charge is -2.36. The molecule has 5 rings (SSSR count). The summed E-state index contributed by atoms with van der Waals surface area (Å²) in [6, 6.07) is 19.7. The molecule has 0 unspecified atom stereocenters. The van der Waals surface area contributed by atoms with Crippen molar-refractivity contribution in [2.45, 2.75) is 25.8 Å². The van der Waals surface area contributed by atoms with Gasteiger partial charge in [-0.25, -0.2) is 0 Å². The van der Waals surface area contributed by atoms with Gasteiger partial charge >= 0.3 is 0 Å². The van der Waals surface area contributed by atoms with E-state index in [9.17, 15) is 9.59 Å². The number of hydrogen-bond acceptors (Lipinski definition) is 8. The van der Waals surface area contributed by atoms with Gasteiger partial charge in [-0.2, -0.15) is 0 Å². The van der Waals surface area contributed by atoms with E-state index in [1.54, 1.807) is 49.6 Å². The number of nitrogens with one attached hydrogen (secondary N) is 1. The predicted octanol–water partition coefficient (Wildman–Crippen LogP) is 5.30. The Balaban J connectivity index is 1.23. The molecule has 10 nitrogen and oxygen atoms in total. The lowest BCUT2D eigenvalue weighted by Crippen LogP contribution is -2.47. The van der Waals surface area contributed by atoms with Crippen LogP contribution in [0.5, 0.6) is 17.2 Å². The number of benzene rings is 3. The third-order valence-corrected chi connectivity index (χ3v) is 8.94. The largest absolute Gasteiger partial charge is 0.497 e. The summed E-state index contributed by atoms with van der Waals surface area (Å²) in [6.07, 6.45) is 0.733. The standard InChI is InChI=1S/C34H40ClN5O5S/c1-4-45-28-11-6-24(7-12-28)36-32(41)23-30-33(42)40(26-10-15-31(44-3)29(35)22-26)34(46)39(30)17-5-16-37-18-20-38(21-19-37)25-8-13-27(43-2)14-9-25/h6-15,22,30H,4-5,16-21,23H2,1-3H3,(H,36,41)/t30-/m0/s1. The normalized spacial score (nSPS) is 17.0.